The Kier molecular flexibility index (Phi) is 21.7. The van der Waals surface area contributed by atoms with Crippen molar-refractivity contribution >= 4 is 23.6 Å². The van der Waals surface area contributed by atoms with Gasteiger partial charge in [0.1, 0.15) is 18.6 Å². The Morgan fingerprint density at radius 1 is 0.922 bits per heavy atom. The van der Waals surface area contributed by atoms with E-state index in [1.54, 1.807) is 9.80 Å². The predicted molar refractivity (Wildman–Crippen MR) is 298 cm³/mol. The number of thioether (sulfide) groups is 1. The van der Waals surface area contributed by atoms with Crippen LogP contribution < -0.4 is 47.7 Å². The van der Waals surface area contributed by atoms with Gasteiger partial charge in [0.25, 0.3) is 5.91 Å². The molecule has 77 heavy (non-hydrogen) atoms. The first-order valence-corrected chi connectivity index (χ1v) is 30.2. The molecule has 2 amide bonds. The van der Waals surface area contributed by atoms with Crippen LogP contribution in [-0.2, 0) is 32.1 Å². The van der Waals surface area contributed by atoms with E-state index < -0.39 is 24.4 Å². The van der Waals surface area contributed by atoms with Crippen LogP contribution in [0.25, 0.3) is 0 Å². The Morgan fingerprint density at radius 3 is 2.44 bits per heavy atom. The molecule has 6 heterocycles. The van der Waals surface area contributed by atoms with E-state index in [0.717, 1.165) is 61.1 Å². The van der Waals surface area contributed by atoms with Gasteiger partial charge in [-0.15, -0.1) is 11.8 Å². The number of aliphatic hydroxyl groups excluding tert-OH is 2. The molecule has 20 nitrogen and oxygen atoms in total. The molecule has 5 saturated heterocycles. The molecule has 6 fully saturated rings. The van der Waals surface area contributed by atoms with Crippen molar-refractivity contribution in [2.24, 2.45) is 11.8 Å². The largest absolute Gasteiger partial charge is 0.491 e. The number of fused-ring (bicyclic) bond motifs is 2. The normalized spacial score (nSPS) is 29.8. The number of nitrogens with zero attached hydrogens (tertiary/aromatic N) is 4. The summed E-state index contributed by atoms with van der Waals surface area (Å²) in [5.41, 5.74) is 13.9. The third-order valence-electron chi connectivity index (χ3n) is 17.2. The van der Waals surface area contributed by atoms with Crippen molar-refractivity contribution in [2.75, 3.05) is 84.8 Å². The van der Waals surface area contributed by atoms with E-state index in [2.05, 4.69) is 85.9 Å². The van der Waals surface area contributed by atoms with Gasteiger partial charge in [-0.1, -0.05) is 70.9 Å². The Morgan fingerprint density at radius 2 is 1.69 bits per heavy atom. The first-order valence-electron chi connectivity index (χ1n) is 29.1. The molecule has 0 bridgehead atoms. The van der Waals surface area contributed by atoms with Crippen LogP contribution in [0.5, 0.6) is 5.75 Å². The summed E-state index contributed by atoms with van der Waals surface area (Å²) in [6, 6.07) is 14.6. The van der Waals surface area contributed by atoms with Crippen molar-refractivity contribution in [1.29, 1.82) is 0 Å². The van der Waals surface area contributed by atoms with Gasteiger partial charge in [-0.3, -0.25) is 30.5 Å². The van der Waals surface area contributed by atoms with E-state index in [4.69, 9.17) is 18.9 Å². The van der Waals surface area contributed by atoms with Crippen LogP contribution in [0.3, 0.4) is 0 Å². The summed E-state index contributed by atoms with van der Waals surface area (Å²) in [5, 5.41) is 46.1. The number of hydrogen-bond donors (Lipinski definition) is 10. The van der Waals surface area contributed by atoms with E-state index in [1.807, 2.05) is 55.9 Å². The Bertz CT molecular complexity index is 2180. The number of likely N-dealkylation sites (tertiary alicyclic amines) is 1. The maximum atomic E-state index is 14.0. The molecule has 9 rings (SSSR count). The lowest BCUT2D eigenvalue weighted by atomic mass is 9.89. The minimum Gasteiger partial charge on any atom is -0.491 e. The number of hydrogen-bond acceptors (Lipinski definition) is 19. The van der Waals surface area contributed by atoms with Gasteiger partial charge < -0.3 is 50.0 Å². The minimum absolute atomic E-state index is 0.113. The molecule has 2 aromatic rings. The quantitative estimate of drug-likeness (QED) is 0.0529. The Balaban J connectivity index is 0.638. The van der Waals surface area contributed by atoms with Crippen LogP contribution in [0.2, 0.25) is 0 Å². The lowest BCUT2D eigenvalue weighted by Gasteiger charge is -2.45. The molecule has 7 aliphatic rings. The van der Waals surface area contributed by atoms with Crippen molar-refractivity contribution in [3.05, 3.63) is 64.7 Å². The number of carbonyl (C=O) groups is 2. The molecular weight excluding hydrogens is 1000 g/mol. The maximum absolute atomic E-state index is 14.0. The third-order valence-corrected chi connectivity index (χ3v) is 18.5. The first-order chi connectivity index (χ1) is 37.5. The molecule has 2 aromatic carbocycles. The SMILES string of the molecule is CCC(CC)C1CC(N[C@H]2CC[C@H](NCC3CN(CCOCCOCCOCCOc4cc(C5SCNC5C)ccc4CNC(=O)[C@@H]4C[C@@H](O)CN4C(O)[C@H](C(C)C)N4Cc5ccccc5C4=O)NN3)C2)N2NCCC2N1. The number of amides is 2. The lowest BCUT2D eigenvalue weighted by molar-refractivity contribution is -0.133. The highest BCUT2D eigenvalue weighted by Gasteiger charge is 2.47. The summed E-state index contributed by atoms with van der Waals surface area (Å²) in [6.45, 7) is 18.3. The topological polar surface area (TPSA) is 221 Å². The smallest absolute Gasteiger partial charge is 0.254 e. The molecular formula is C56H92N12O8S. The zero-order valence-corrected chi connectivity index (χ0v) is 47.2. The number of β-amino-alcohol motifs (C(OH)–C–C–N with tert-alkyl or cyclic N) is 1. The van der Waals surface area contributed by atoms with Crippen molar-refractivity contribution in [3.63, 3.8) is 0 Å². The minimum atomic E-state index is -1.16. The van der Waals surface area contributed by atoms with Gasteiger partial charge in [-0.25, -0.2) is 15.4 Å². The average Bonchev–Trinajstić information content (AvgIpc) is 4.33. The summed E-state index contributed by atoms with van der Waals surface area (Å²) in [5.74, 6) is 1.72. The van der Waals surface area contributed by atoms with Crippen molar-refractivity contribution in [3.8, 4) is 5.75 Å². The van der Waals surface area contributed by atoms with Crippen LogP contribution in [0.1, 0.15) is 118 Å². The number of nitrogens with one attached hydrogen (secondary N) is 8. The van der Waals surface area contributed by atoms with Crippen molar-refractivity contribution in [2.45, 2.75) is 171 Å². The number of carbonyl (C=O) groups excluding carboxylic acids is 2. The number of hydrazine groups is 3. The summed E-state index contributed by atoms with van der Waals surface area (Å²) in [6.07, 6.45) is 7.40. The zero-order chi connectivity index (χ0) is 53.8. The molecule has 21 heteroatoms. The summed E-state index contributed by atoms with van der Waals surface area (Å²) < 4.78 is 23.9. The van der Waals surface area contributed by atoms with E-state index in [0.29, 0.717) is 107 Å². The highest BCUT2D eigenvalue weighted by atomic mass is 32.2. The van der Waals surface area contributed by atoms with Gasteiger partial charge in [0, 0.05) is 98.3 Å². The fraction of sp³-hybridized carbons (Fsp3) is 0.750. The van der Waals surface area contributed by atoms with Crippen LogP contribution in [-0.4, -0.2) is 194 Å². The molecule has 6 aliphatic heterocycles. The van der Waals surface area contributed by atoms with Gasteiger partial charge in [-0.2, -0.15) is 5.53 Å². The van der Waals surface area contributed by atoms with Gasteiger partial charge >= 0.3 is 0 Å². The lowest BCUT2D eigenvalue weighted by Crippen LogP contribution is -2.66. The molecule has 7 unspecified atom stereocenters. The molecule has 0 radical (unpaired) electrons. The molecule has 0 spiro atoms. The number of rotatable bonds is 29. The molecule has 10 N–H and O–H groups in total. The first kappa shape index (κ1) is 58.6. The second-order valence-electron chi connectivity index (χ2n) is 22.7. The maximum Gasteiger partial charge on any atom is 0.254 e. The molecule has 430 valence electrons. The molecule has 1 saturated carbocycles. The van der Waals surface area contributed by atoms with Gasteiger partial charge in [0.15, 0.2) is 0 Å². The van der Waals surface area contributed by atoms with Crippen LogP contribution in [0.15, 0.2) is 42.5 Å². The average molecular weight is 1090 g/mol. The van der Waals surface area contributed by atoms with Gasteiger partial charge in [0.05, 0.1) is 70.2 Å². The number of aliphatic hydroxyl groups is 2. The standard InChI is InChI=1S/C56H92N12O8S/c1-6-38(7-2)47-29-51(68-50(62-47)16-17-60-68)61-43-15-14-42(27-43)57-31-44-33-65(64-63-44)18-19-73-20-21-74-22-23-75-24-25-76-49-26-39(53-37(5)59-35-77-53)12-13-40(49)30-58-54(70)48-28-45(69)34-66(48)56(72)52(36(3)4)67-32-41-10-8-9-11-46(41)55(67)71/h8-13,26,36-38,42-45,47-48,50-53,56-57,59-64,69,72H,6-7,14-25,27-35H2,1-5H3,(H,58,70)/t37?,42-,43-,44?,45+,47?,48-,50?,51?,52-,53?,56?/m0/s1. The Hall–Kier alpha value is -3.07. The predicted octanol–water partition coefficient (Wildman–Crippen LogP) is 2.34. The van der Waals surface area contributed by atoms with Crippen molar-refractivity contribution < 1.29 is 38.7 Å². The molecule has 0 aromatic heterocycles. The fourth-order valence-corrected chi connectivity index (χ4v) is 14.2. The van der Waals surface area contributed by atoms with Crippen LogP contribution >= 0.6 is 11.8 Å². The Labute approximate surface area is 461 Å². The summed E-state index contributed by atoms with van der Waals surface area (Å²) in [7, 11) is 0. The molecule has 12 atom stereocenters. The monoisotopic (exact) mass is 1090 g/mol. The number of benzene rings is 2. The fourth-order valence-electron chi connectivity index (χ4n) is 12.9. The highest BCUT2D eigenvalue weighted by molar-refractivity contribution is 7.99. The summed E-state index contributed by atoms with van der Waals surface area (Å²) in [4.78, 5) is 30.8. The number of ether oxygens (including phenoxy) is 4. The van der Waals surface area contributed by atoms with Gasteiger partial charge in [0.2, 0.25) is 5.91 Å². The van der Waals surface area contributed by atoms with Gasteiger partial charge in [-0.05, 0) is 80.5 Å². The summed E-state index contributed by atoms with van der Waals surface area (Å²) >= 11 is 1.85. The second kappa shape index (κ2) is 28.6. The van der Waals surface area contributed by atoms with E-state index in [9.17, 15) is 19.8 Å². The van der Waals surface area contributed by atoms with Crippen LogP contribution in [0.4, 0.5) is 0 Å². The van der Waals surface area contributed by atoms with E-state index in [-0.39, 0.29) is 42.5 Å². The third kappa shape index (κ3) is 15.1. The zero-order valence-electron chi connectivity index (χ0n) is 46.4. The van der Waals surface area contributed by atoms with Crippen molar-refractivity contribution in [1.82, 2.24) is 62.8 Å². The molecule has 1 aliphatic carbocycles. The highest BCUT2D eigenvalue weighted by Crippen LogP contribution is 2.39. The van der Waals surface area contributed by atoms with Crippen LogP contribution in [0, 0.1) is 11.8 Å². The van der Waals surface area contributed by atoms with E-state index in [1.165, 1.54) is 38.5 Å². The van der Waals surface area contributed by atoms with E-state index >= 15 is 0 Å². The second-order valence-corrected chi connectivity index (χ2v) is 23.9.